The summed E-state index contributed by atoms with van der Waals surface area (Å²) in [5.41, 5.74) is 3.55. The fourth-order valence-corrected chi connectivity index (χ4v) is 4.77. The van der Waals surface area contributed by atoms with Gasteiger partial charge in [0, 0.05) is 16.5 Å². The zero-order chi connectivity index (χ0) is 28.5. The predicted octanol–water partition coefficient (Wildman–Crippen LogP) is 5.75. The molecule has 0 saturated carbocycles. The molecule has 0 saturated heterocycles. The number of benzene rings is 4. The van der Waals surface area contributed by atoms with Gasteiger partial charge in [-0.05, 0) is 60.7 Å². The number of amides is 2. The molecule has 8 heteroatoms. The number of imide groups is 1. The smallest absolute Gasteiger partial charge is 0.339 e. The Morgan fingerprint density at radius 3 is 2.07 bits per heavy atom. The lowest BCUT2D eigenvalue weighted by molar-refractivity contribution is 0.0476. The Hall–Kier alpha value is -5.63. The van der Waals surface area contributed by atoms with Crippen LogP contribution in [0.15, 0.2) is 103 Å². The fraction of sp³-hybridized carbons (Fsp3) is 0.0606. The maximum Gasteiger partial charge on any atom is 0.339 e. The number of carbonyl (C=O) groups excluding carboxylic acids is 4. The molecular formula is C33H22N2O6. The highest BCUT2D eigenvalue weighted by Gasteiger charge is 2.36. The summed E-state index contributed by atoms with van der Waals surface area (Å²) in [7, 11) is 1.54. The van der Waals surface area contributed by atoms with Gasteiger partial charge in [-0.25, -0.2) is 14.7 Å². The van der Waals surface area contributed by atoms with Gasteiger partial charge in [0.1, 0.15) is 5.75 Å². The van der Waals surface area contributed by atoms with E-state index in [4.69, 9.17) is 14.5 Å². The number of fused-ring (bicyclic) bond motifs is 2. The van der Waals surface area contributed by atoms with E-state index >= 15 is 0 Å². The van der Waals surface area contributed by atoms with E-state index in [1.807, 2.05) is 6.07 Å². The van der Waals surface area contributed by atoms with Gasteiger partial charge in [-0.2, -0.15) is 0 Å². The number of para-hydroxylation sites is 1. The molecule has 1 aliphatic rings. The van der Waals surface area contributed by atoms with Gasteiger partial charge in [0.15, 0.2) is 12.4 Å². The maximum absolute atomic E-state index is 13.2. The van der Waals surface area contributed by atoms with E-state index in [0.29, 0.717) is 50.3 Å². The number of methoxy groups -OCH3 is 1. The second-order valence-corrected chi connectivity index (χ2v) is 9.34. The molecule has 6 rings (SSSR count). The Balaban J connectivity index is 1.26. The normalized spacial score (nSPS) is 12.4. The number of anilines is 1. The number of aromatic nitrogens is 1. The average Bonchev–Trinajstić information content (AvgIpc) is 3.28. The Morgan fingerprint density at radius 2 is 1.41 bits per heavy atom. The van der Waals surface area contributed by atoms with Crippen molar-refractivity contribution in [1.29, 1.82) is 0 Å². The van der Waals surface area contributed by atoms with Crippen LogP contribution in [0.5, 0.6) is 5.75 Å². The van der Waals surface area contributed by atoms with Gasteiger partial charge in [0.2, 0.25) is 0 Å². The van der Waals surface area contributed by atoms with Gasteiger partial charge in [-0.1, -0.05) is 42.5 Å². The Morgan fingerprint density at radius 1 is 0.780 bits per heavy atom. The lowest BCUT2D eigenvalue weighted by Crippen LogP contribution is -2.29. The molecule has 0 bridgehead atoms. The lowest BCUT2D eigenvalue weighted by atomic mass is 10.0. The summed E-state index contributed by atoms with van der Waals surface area (Å²) in [4.78, 5) is 57.4. The van der Waals surface area contributed by atoms with E-state index in [1.165, 1.54) is 7.11 Å². The van der Waals surface area contributed by atoms with Crippen molar-refractivity contribution in [1.82, 2.24) is 4.98 Å². The van der Waals surface area contributed by atoms with E-state index in [0.717, 1.165) is 4.90 Å². The summed E-state index contributed by atoms with van der Waals surface area (Å²) in [6, 6.07) is 28.8. The molecule has 0 unspecified atom stereocenters. The SMILES string of the molecule is COc1ccc(C(=O)COC(=O)c2cc(-c3ccc(N4C(=O)c5ccccc5C4=O)cc3)nc3ccccc23)cc1. The van der Waals surface area contributed by atoms with Crippen molar-refractivity contribution in [2.45, 2.75) is 0 Å². The van der Waals surface area contributed by atoms with Crippen molar-refractivity contribution in [2.24, 2.45) is 0 Å². The third kappa shape index (κ3) is 4.72. The third-order valence-corrected chi connectivity index (χ3v) is 6.90. The molecule has 41 heavy (non-hydrogen) atoms. The minimum Gasteiger partial charge on any atom is -0.497 e. The number of ether oxygens (including phenoxy) is 2. The van der Waals surface area contributed by atoms with Crippen LogP contribution in [0.1, 0.15) is 41.4 Å². The molecule has 0 atom stereocenters. The van der Waals surface area contributed by atoms with Gasteiger partial charge in [0.25, 0.3) is 11.8 Å². The zero-order valence-corrected chi connectivity index (χ0v) is 21.9. The average molecular weight is 543 g/mol. The summed E-state index contributed by atoms with van der Waals surface area (Å²) in [6.45, 7) is -0.424. The first-order valence-electron chi connectivity index (χ1n) is 12.8. The molecule has 8 nitrogen and oxygen atoms in total. The van der Waals surface area contributed by atoms with Crippen molar-refractivity contribution >= 4 is 40.2 Å². The molecule has 5 aromatic rings. The quantitative estimate of drug-likeness (QED) is 0.147. The Kier molecular flexibility index (Phi) is 6.57. The molecule has 0 spiro atoms. The van der Waals surface area contributed by atoms with E-state index in [1.54, 1.807) is 97.1 Å². The number of Topliss-reactive ketones (excluding diaryl/α,β-unsaturated/α-hetero) is 1. The highest BCUT2D eigenvalue weighted by Crippen LogP contribution is 2.31. The van der Waals surface area contributed by atoms with E-state index in [9.17, 15) is 19.2 Å². The second-order valence-electron chi connectivity index (χ2n) is 9.34. The second kappa shape index (κ2) is 10.5. The minimum atomic E-state index is -0.658. The number of rotatable bonds is 7. The summed E-state index contributed by atoms with van der Waals surface area (Å²) in [6.07, 6.45) is 0. The van der Waals surface area contributed by atoms with Gasteiger partial charge in [-0.15, -0.1) is 0 Å². The summed E-state index contributed by atoms with van der Waals surface area (Å²) in [5.74, 6) is -1.14. The van der Waals surface area contributed by atoms with Crippen molar-refractivity contribution < 1.29 is 28.7 Å². The summed E-state index contributed by atoms with van der Waals surface area (Å²) in [5, 5.41) is 0.584. The molecule has 1 aliphatic heterocycles. The standard InChI is InChI=1S/C33H22N2O6/c1-40-23-16-12-21(13-17-23)30(36)19-41-33(39)27-18-29(34-28-9-5-4-6-24(27)28)20-10-14-22(15-11-20)35-31(37)25-7-2-3-8-26(25)32(35)38/h2-18H,19H2,1H3. The summed E-state index contributed by atoms with van der Waals surface area (Å²) >= 11 is 0. The van der Waals surface area contributed by atoms with Crippen LogP contribution in [0.2, 0.25) is 0 Å². The van der Waals surface area contributed by atoms with Gasteiger partial charge < -0.3 is 9.47 Å². The number of hydrogen-bond donors (Lipinski definition) is 0. The number of esters is 1. The molecule has 2 amide bonds. The van der Waals surface area contributed by atoms with Crippen molar-refractivity contribution in [3.8, 4) is 17.0 Å². The largest absolute Gasteiger partial charge is 0.497 e. The van der Waals surface area contributed by atoms with Crippen LogP contribution in [-0.4, -0.2) is 42.3 Å². The number of carbonyl (C=O) groups is 4. The maximum atomic E-state index is 13.2. The number of hydrogen-bond acceptors (Lipinski definition) is 7. The van der Waals surface area contributed by atoms with Crippen LogP contribution in [-0.2, 0) is 4.74 Å². The minimum absolute atomic E-state index is 0.262. The van der Waals surface area contributed by atoms with Crippen LogP contribution in [0, 0.1) is 0 Å². The number of pyridine rings is 1. The van der Waals surface area contributed by atoms with Crippen LogP contribution in [0.25, 0.3) is 22.2 Å². The first-order chi connectivity index (χ1) is 19.9. The van der Waals surface area contributed by atoms with E-state index < -0.39 is 12.6 Å². The third-order valence-electron chi connectivity index (χ3n) is 6.90. The topological polar surface area (TPSA) is 103 Å². The molecule has 200 valence electrons. The van der Waals surface area contributed by atoms with Gasteiger partial charge >= 0.3 is 5.97 Å². The summed E-state index contributed by atoms with van der Waals surface area (Å²) < 4.78 is 10.5. The number of ketones is 1. The van der Waals surface area contributed by atoms with E-state index in [-0.39, 0.29) is 23.2 Å². The monoisotopic (exact) mass is 542 g/mol. The van der Waals surface area contributed by atoms with Crippen molar-refractivity contribution in [3.63, 3.8) is 0 Å². The Labute approximate surface area is 234 Å². The molecule has 0 aliphatic carbocycles. The molecule has 0 radical (unpaired) electrons. The lowest BCUT2D eigenvalue weighted by Gasteiger charge is -2.15. The number of nitrogens with zero attached hydrogens (tertiary/aromatic N) is 2. The fourth-order valence-electron chi connectivity index (χ4n) is 4.77. The van der Waals surface area contributed by atoms with Crippen molar-refractivity contribution in [3.05, 3.63) is 125 Å². The Bertz CT molecular complexity index is 1810. The van der Waals surface area contributed by atoms with Crippen LogP contribution in [0.3, 0.4) is 0 Å². The molecule has 2 heterocycles. The van der Waals surface area contributed by atoms with Crippen LogP contribution >= 0.6 is 0 Å². The first-order valence-corrected chi connectivity index (χ1v) is 12.8. The molecule has 4 aromatic carbocycles. The van der Waals surface area contributed by atoms with Gasteiger partial charge in [0.05, 0.1) is 40.7 Å². The van der Waals surface area contributed by atoms with Crippen LogP contribution < -0.4 is 9.64 Å². The molecule has 1 aromatic heterocycles. The van der Waals surface area contributed by atoms with E-state index in [2.05, 4.69) is 0 Å². The van der Waals surface area contributed by atoms with Gasteiger partial charge in [-0.3, -0.25) is 14.4 Å². The highest BCUT2D eigenvalue weighted by atomic mass is 16.5. The molecular weight excluding hydrogens is 520 g/mol. The molecule has 0 N–H and O–H groups in total. The first kappa shape index (κ1) is 25.6. The van der Waals surface area contributed by atoms with Crippen LogP contribution in [0.4, 0.5) is 5.69 Å². The highest BCUT2D eigenvalue weighted by molar-refractivity contribution is 6.34. The van der Waals surface area contributed by atoms with Crippen molar-refractivity contribution in [2.75, 3.05) is 18.6 Å². The predicted molar refractivity (Wildman–Crippen MR) is 152 cm³/mol. The zero-order valence-electron chi connectivity index (χ0n) is 21.9. The molecule has 0 fully saturated rings.